The number of hydrogen-bond acceptors (Lipinski definition) is 3. The Morgan fingerprint density at radius 3 is 1.83 bits per heavy atom. The number of para-hydroxylation sites is 1. The van der Waals surface area contributed by atoms with E-state index in [9.17, 15) is 0 Å². The van der Waals surface area contributed by atoms with Gasteiger partial charge >= 0.3 is 0 Å². The van der Waals surface area contributed by atoms with Crippen LogP contribution in [0.5, 0.6) is 0 Å². The highest BCUT2D eigenvalue weighted by atomic mass is 16.3. The lowest BCUT2D eigenvalue weighted by atomic mass is 9.92. The largest absolute Gasteiger partial charge is 0.454 e. The number of aromatic nitrogens is 1. The first kappa shape index (κ1) is 30.3. The molecule has 2 aromatic heterocycles. The van der Waals surface area contributed by atoms with Crippen LogP contribution in [0.3, 0.4) is 0 Å². The van der Waals surface area contributed by atoms with Crippen molar-refractivity contribution in [1.29, 1.82) is 0 Å². The first-order chi connectivity index (χ1) is 26.8. The smallest absolute Gasteiger partial charge is 0.159 e. The molecule has 0 bridgehead atoms. The van der Waals surface area contributed by atoms with E-state index in [-0.39, 0.29) is 6.04 Å². The lowest BCUT2D eigenvalue weighted by Crippen LogP contribution is -2.32. The number of aliphatic imine (C=N–C) groups is 1. The normalized spacial score (nSPS) is 13.9. The molecule has 1 aliphatic rings. The zero-order chi connectivity index (χ0) is 35.6. The molecule has 0 radical (unpaired) electrons. The Morgan fingerprint density at radius 2 is 1.17 bits per heavy atom. The van der Waals surface area contributed by atoms with Crippen LogP contribution >= 0.6 is 0 Å². The summed E-state index contributed by atoms with van der Waals surface area (Å²) < 4.78 is 9.37. The Labute approximate surface area is 312 Å². The summed E-state index contributed by atoms with van der Waals surface area (Å²) in [5, 5.41) is 8.32. The van der Waals surface area contributed by atoms with Crippen molar-refractivity contribution in [2.24, 2.45) is 4.99 Å². The molecular formula is C50H31N3O. The number of hydrogen-bond donors (Lipinski definition) is 1. The van der Waals surface area contributed by atoms with Gasteiger partial charge in [-0.25, -0.2) is 4.99 Å². The van der Waals surface area contributed by atoms with E-state index in [1.165, 1.54) is 33.0 Å². The molecule has 4 nitrogen and oxygen atoms in total. The van der Waals surface area contributed by atoms with Crippen LogP contribution in [0.2, 0.25) is 0 Å². The number of benzene rings is 7. The number of nitrogens with one attached hydrogen (secondary N) is 1. The van der Waals surface area contributed by atoms with Crippen LogP contribution in [0.25, 0.3) is 71.7 Å². The molecule has 1 aliphatic heterocycles. The number of furan rings is 1. The molecule has 11 rings (SSSR count). The highest BCUT2D eigenvalue weighted by molar-refractivity contribution is 6.15. The van der Waals surface area contributed by atoms with Gasteiger partial charge in [-0.1, -0.05) is 146 Å². The van der Waals surface area contributed by atoms with Gasteiger partial charge in [-0.3, -0.25) is 0 Å². The quantitative estimate of drug-likeness (QED) is 0.195. The van der Waals surface area contributed by atoms with Crippen molar-refractivity contribution in [3.8, 4) is 27.9 Å². The Kier molecular flexibility index (Phi) is 6.80. The van der Waals surface area contributed by atoms with Gasteiger partial charge in [-0.2, -0.15) is 0 Å². The van der Waals surface area contributed by atoms with Crippen molar-refractivity contribution in [2.75, 3.05) is 0 Å². The Bertz CT molecular complexity index is 2970. The van der Waals surface area contributed by atoms with Crippen LogP contribution in [0.15, 0.2) is 185 Å². The second kappa shape index (κ2) is 12.1. The molecule has 0 spiro atoms. The lowest BCUT2D eigenvalue weighted by Gasteiger charge is -2.27. The minimum atomic E-state index is -0.179. The zero-order valence-corrected chi connectivity index (χ0v) is 29.1. The Balaban J connectivity index is 1.16. The molecule has 0 saturated heterocycles. The maximum Gasteiger partial charge on any atom is 0.159 e. The molecule has 10 aromatic rings. The monoisotopic (exact) mass is 689 g/mol. The van der Waals surface area contributed by atoms with E-state index in [2.05, 4.69) is 174 Å². The molecule has 1 unspecified atom stereocenters. The molecule has 0 saturated carbocycles. The van der Waals surface area contributed by atoms with Crippen molar-refractivity contribution < 1.29 is 4.42 Å². The number of rotatable bonds is 5. The molecular weight excluding hydrogens is 659 g/mol. The van der Waals surface area contributed by atoms with Gasteiger partial charge in [-0.05, 0) is 70.3 Å². The van der Waals surface area contributed by atoms with Gasteiger partial charge < -0.3 is 14.3 Å². The van der Waals surface area contributed by atoms with E-state index in [1.54, 1.807) is 0 Å². The maximum absolute atomic E-state index is 6.97. The predicted octanol–water partition coefficient (Wildman–Crippen LogP) is 12.4. The van der Waals surface area contributed by atoms with Crippen LogP contribution in [0.1, 0.15) is 22.7 Å². The number of nitrogens with zero attached hydrogens (tertiary/aromatic N) is 2. The zero-order valence-electron chi connectivity index (χ0n) is 29.1. The highest BCUT2D eigenvalue weighted by Gasteiger charge is 2.28. The lowest BCUT2D eigenvalue weighted by molar-refractivity contribution is 0.665. The van der Waals surface area contributed by atoms with Crippen LogP contribution in [-0.4, -0.2) is 10.4 Å². The van der Waals surface area contributed by atoms with Crippen LogP contribution in [-0.2, 0) is 0 Å². The first-order valence-electron chi connectivity index (χ1n) is 18.2. The van der Waals surface area contributed by atoms with E-state index in [4.69, 9.17) is 9.41 Å². The molecule has 252 valence electrons. The van der Waals surface area contributed by atoms with Gasteiger partial charge in [0.15, 0.2) is 5.58 Å². The summed E-state index contributed by atoms with van der Waals surface area (Å²) in [5.74, 6) is 0.808. The van der Waals surface area contributed by atoms with E-state index in [0.717, 1.165) is 66.9 Å². The first-order valence-corrected chi connectivity index (χ1v) is 18.2. The van der Waals surface area contributed by atoms with Crippen molar-refractivity contribution in [3.63, 3.8) is 0 Å². The molecule has 0 amide bonds. The fourth-order valence-corrected chi connectivity index (χ4v) is 8.24. The molecule has 54 heavy (non-hydrogen) atoms. The number of fused-ring (bicyclic) bond motifs is 7. The van der Waals surface area contributed by atoms with Crippen molar-refractivity contribution in [2.45, 2.75) is 6.04 Å². The molecule has 8 aromatic carbocycles. The minimum Gasteiger partial charge on any atom is -0.454 e. The molecule has 1 N–H and O–H groups in total. The van der Waals surface area contributed by atoms with Gasteiger partial charge in [0.1, 0.15) is 17.1 Å². The van der Waals surface area contributed by atoms with Crippen LogP contribution in [0.4, 0.5) is 5.69 Å². The van der Waals surface area contributed by atoms with E-state index < -0.39 is 0 Å². The summed E-state index contributed by atoms with van der Waals surface area (Å²) in [6.07, 6.45) is 0. The molecule has 0 fully saturated rings. The maximum atomic E-state index is 6.97. The van der Waals surface area contributed by atoms with Gasteiger partial charge in [0, 0.05) is 32.7 Å². The van der Waals surface area contributed by atoms with Gasteiger partial charge in [0.05, 0.1) is 22.8 Å². The molecule has 0 aliphatic carbocycles. The SMILES string of the molecule is c1ccc2c(c#1)N=C(c1ccccc1)NC2c1cccc2oc3c(-n4c5cc(-c6ccccc6)ccc5c5ccc(-c6ccccc6)cc54)cccc3c12. The van der Waals surface area contributed by atoms with E-state index in [0.29, 0.717) is 0 Å². The molecule has 3 heterocycles. The summed E-state index contributed by atoms with van der Waals surface area (Å²) in [5.41, 5.74) is 13.6. The predicted molar refractivity (Wildman–Crippen MR) is 221 cm³/mol. The van der Waals surface area contributed by atoms with Gasteiger partial charge in [0.2, 0.25) is 0 Å². The summed E-state index contributed by atoms with van der Waals surface area (Å²) in [6.45, 7) is 0. The second-order valence-electron chi connectivity index (χ2n) is 13.8. The van der Waals surface area contributed by atoms with Gasteiger partial charge in [0.25, 0.3) is 0 Å². The third kappa shape index (κ3) is 4.76. The van der Waals surface area contributed by atoms with Crippen molar-refractivity contribution >= 4 is 55.3 Å². The van der Waals surface area contributed by atoms with Crippen LogP contribution < -0.4 is 5.32 Å². The Hall–Kier alpha value is -7.35. The summed E-state index contributed by atoms with van der Waals surface area (Å²) in [4.78, 5) is 4.98. The summed E-state index contributed by atoms with van der Waals surface area (Å²) >= 11 is 0. The fourth-order valence-electron chi connectivity index (χ4n) is 8.24. The average molecular weight is 690 g/mol. The average Bonchev–Trinajstić information content (AvgIpc) is 3.79. The van der Waals surface area contributed by atoms with Gasteiger partial charge in [-0.15, -0.1) is 0 Å². The summed E-state index contributed by atoms with van der Waals surface area (Å²) in [7, 11) is 0. The topological polar surface area (TPSA) is 42.5 Å². The fraction of sp³-hybridized carbons (Fsp3) is 0.0200. The molecule has 1 atom stereocenters. The second-order valence-corrected chi connectivity index (χ2v) is 13.8. The molecule has 4 heteroatoms. The van der Waals surface area contributed by atoms with Crippen molar-refractivity contribution in [3.05, 3.63) is 205 Å². The third-order valence-electron chi connectivity index (χ3n) is 10.7. The van der Waals surface area contributed by atoms with E-state index in [1.807, 2.05) is 24.3 Å². The Morgan fingerprint density at radius 1 is 0.537 bits per heavy atom. The number of amidine groups is 1. The third-order valence-corrected chi connectivity index (χ3v) is 10.7. The van der Waals surface area contributed by atoms with E-state index >= 15 is 0 Å². The minimum absolute atomic E-state index is 0.179. The standard InChI is InChI=1S/C50H31N3O/c1-4-14-32(15-5-1)35-26-28-37-38-29-27-36(33-16-6-2-7-17-33)31-45(38)53(44(37)30-35)43-24-12-22-41-47-40(21-13-25-46(47)54-49(41)43)48-39-20-10-11-23-42(39)51-50(52-48)34-18-8-3-9-19-34/h1-10,12-22,24-31,48H,(H,51,52). The van der Waals surface area contributed by atoms with Crippen LogP contribution in [0, 0.1) is 12.1 Å². The summed E-state index contributed by atoms with van der Waals surface area (Å²) in [6, 6.07) is 68.2. The van der Waals surface area contributed by atoms with Crippen molar-refractivity contribution in [1.82, 2.24) is 9.88 Å². The highest BCUT2D eigenvalue weighted by Crippen LogP contribution is 2.44.